The van der Waals surface area contributed by atoms with Crippen LogP contribution in [0.3, 0.4) is 0 Å². The Morgan fingerprint density at radius 3 is 2.61 bits per heavy atom. The zero-order chi connectivity index (χ0) is 26.5. The molecule has 0 radical (unpaired) electrons. The van der Waals surface area contributed by atoms with E-state index in [1.807, 2.05) is 24.4 Å². The van der Waals surface area contributed by atoms with Gasteiger partial charge in [-0.05, 0) is 74.8 Å². The lowest BCUT2D eigenvalue weighted by molar-refractivity contribution is -0.129. The number of rotatable bonds is 9. The molecule has 9 nitrogen and oxygen atoms in total. The molecule has 200 valence electrons. The average molecular weight is 520 g/mol. The van der Waals surface area contributed by atoms with Gasteiger partial charge in [-0.25, -0.2) is 9.07 Å². The van der Waals surface area contributed by atoms with Crippen molar-refractivity contribution in [1.29, 1.82) is 0 Å². The summed E-state index contributed by atoms with van der Waals surface area (Å²) in [5.74, 6) is -0.712. The van der Waals surface area contributed by atoms with Crippen LogP contribution in [0, 0.1) is 5.82 Å². The van der Waals surface area contributed by atoms with Gasteiger partial charge in [0.15, 0.2) is 0 Å². The first kappa shape index (κ1) is 26.0. The second-order valence-electron chi connectivity index (χ2n) is 10.3. The van der Waals surface area contributed by atoms with Gasteiger partial charge < -0.3 is 20.4 Å². The molecule has 2 saturated heterocycles. The van der Waals surface area contributed by atoms with Crippen LogP contribution in [0.25, 0.3) is 0 Å². The van der Waals surface area contributed by atoms with Crippen molar-refractivity contribution in [3.63, 3.8) is 0 Å². The molecule has 1 aromatic heterocycles. The molecule has 2 aromatic carbocycles. The van der Waals surface area contributed by atoms with E-state index in [-0.39, 0.29) is 17.6 Å². The van der Waals surface area contributed by atoms with Crippen molar-refractivity contribution < 1.29 is 14.0 Å². The van der Waals surface area contributed by atoms with Crippen LogP contribution in [-0.4, -0.2) is 75.4 Å². The number of aromatic nitrogens is 3. The maximum Gasteiger partial charge on any atom is 0.251 e. The van der Waals surface area contributed by atoms with Gasteiger partial charge in [-0.1, -0.05) is 29.5 Å². The minimum Gasteiger partial charge on any atom is -0.340 e. The third-order valence-corrected chi connectivity index (χ3v) is 7.30. The maximum atomic E-state index is 13.2. The molecule has 0 saturated carbocycles. The van der Waals surface area contributed by atoms with Gasteiger partial charge in [0.2, 0.25) is 5.91 Å². The second kappa shape index (κ2) is 11.8. The predicted molar refractivity (Wildman–Crippen MR) is 141 cm³/mol. The van der Waals surface area contributed by atoms with Crippen molar-refractivity contribution in [2.45, 2.75) is 51.0 Å². The maximum absolute atomic E-state index is 13.2. The standard InChI is InChI=1S/C28H34FN7O2/c1-34-12-9-24(10-13-34)30-16-25-19-36(33-32-25)18-21-3-2-4-22(15-21)27(37)31-26-11-14-35(28(26)38)17-20-5-7-23(29)8-6-20/h2-8,15,19,24,26,30H,9-14,16-18H2,1H3,(H,31,37). The average Bonchev–Trinajstić information content (AvgIpc) is 3.51. The molecule has 2 amide bonds. The van der Waals surface area contributed by atoms with Gasteiger partial charge in [0, 0.05) is 31.2 Å². The van der Waals surface area contributed by atoms with Crippen LogP contribution >= 0.6 is 0 Å². The lowest BCUT2D eigenvalue weighted by Crippen LogP contribution is -2.41. The van der Waals surface area contributed by atoms with E-state index in [1.54, 1.807) is 27.8 Å². The number of hydrogen-bond donors (Lipinski definition) is 2. The number of amides is 2. The highest BCUT2D eigenvalue weighted by Crippen LogP contribution is 2.17. The summed E-state index contributed by atoms with van der Waals surface area (Å²) < 4.78 is 14.9. The van der Waals surface area contributed by atoms with Crippen LogP contribution in [0.4, 0.5) is 4.39 Å². The molecular weight excluding hydrogens is 485 g/mol. The number of carbonyl (C=O) groups is 2. The molecule has 1 unspecified atom stereocenters. The fraction of sp³-hybridized carbons (Fsp3) is 0.429. The normalized spacial score (nSPS) is 18.7. The highest BCUT2D eigenvalue weighted by molar-refractivity contribution is 5.98. The molecule has 1 atom stereocenters. The van der Waals surface area contributed by atoms with Gasteiger partial charge in [0.25, 0.3) is 5.91 Å². The number of nitrogens with one attached hydrogen (secondary N) is 2. The Bertz CT molecular complexity index is 1250. The summed E-state index contributed by atoms with van der Waals surface area (Å²) in [4.78, 5) is 29.8. The fourth-order valence-corrected chi connectivity index (χ4v) is 5.04. The molecule has 2 N–H and O–H groups in total. The fourth-order valence-electron chi connectivity index (χ4n) is 5.04. The monoisotopic (exact) mass is 519 g/mol. The van der Waals surface area contributed by atoms with Gasteiger partial charge in [0.05, 0.1) is 18.4 Å². The number of carbonyl (C=O) groups excluding carboxylic acids is 2. The molecule has 0 spiro atoms. The number of nitrogens with zero attached hydrogens (tertiary/aromatic N) is 5. The first-order valence-electron chi connectivity index (χ1n) is 13.2. The van der Waals surface area contributed by atoms with Crippen LogP contribution in [-0.2, 0) is 24.4 Å². The molecule has 2 aliphatic rings. The number of likely N-dealkylation sites (tertiary alicyclic amines) is 2. The Morgan fingerprint density at radius 1 is 1.03 bits per heavy atom. The summed E-state index contributed by atoms with van der Waals surface area (Å²) in [5, 5.41) is 15.0. The number of benzene rings is 2. The zero-order valence-electron chi connectivity index (χ0n) is 21.6. The summed E-state index contributed by atoms with van der Waals surface area (Å²) in [7, 11) is 2.15. The largest absolute Gasteiger partial charge is 0.340 e. The Labute approximate surface area is 222 Å². The number of piperidine rings is 1. The SMILES string of the molecule is CN1CCC(NCc2cn(Cc3cccc(C(=O)NC4CCN(Cc5ccc(F)cc5)C4=O)c3)nn2)CC1. The summed E-state index contributed by atoms with van der Waals surface area (Å²) in [6, 6.07) is 13.4. The van der Waals surface area contributed by atoms with Crippen LogP contribution in [0.15, 0.2) is 54.7 Å². The molecule has 10 heteroatoms. The third kappa shape index (κ3) is 6.62. The Kier molecular flexibility index (Phi) is 8.09. The van der Waals surface area contributed by atoms with Crippen LogP contribution in [0.5, 0.6) is 0 Å². The van der Waals surface area contributed by atoms with E-state index in [0.717, 1.165) is 42.8 Å². The van der Waals surface area contributed by atoms with E-state index < -0.39 is 6.04 Å². The summed E-state index contributed by atoms with van der Waals surface area (Å²) in [6.07, 6.45) is 4.75. The van der Waals surface area contributed by atoms with Crippen molar-refractivity contribution in [1.82, 2.24) is 35.4 Å². The first-order valence-corrected chi connectivity index (χ1v) is 13.2. The molecule has 38 heavy (non-hydrogen) atoms. The van der Waals surface area contributed by atoms with E-state index in [1.165, 1.54) is 12.1 Å². The second-order valence-corrected chi connectivity index (χ2v) is 10.3. The molecular formula is C28H34FN7O2. The summed E-state index contributed by atoms with van der Waals surface area (Å²) in [5.41, 5.74) is 3.17. The lowest BCUT2D eigenvalue weighted by Gasteiger charge is -2.29. The molecule has 0 bridgehead atoms. The summed E-state index contributed by atoms with van der Waals surface area (Å²) in [6.45, 7) is 4.34. The first-order chi connectivity index (χ1) is 18.4. The van der Waals surface area contributed by atoms with E-state index in [2.05, 4.69) is 32.9 Å². The van der Waals surface area contributed by atoms with Crippen molar-refractivity contribution in [2.75, 3.05) is 26.7 Å². The van der Waals surface area contributed by atoms with Crippen molar-refractivity contribution in [3.05, 3.63) is 82.9 Å². The molecule has 2 aliphatic heterocycles. The van der Waals surface area contributed by atoms with Gasteiger partial charge in [-0.15, -0.1) is 5.10 Å². The van der Waals surface area contributed by atoms with Crippen molar-refractivity contribution in [2.24, 2.45) is 0 Å². The van der Waals surface area contributed by atoms with Crippen molar-refractivity contribution in [3.8, 4) is 0 Å². The van der Waals surface area contributed by atoms with Crippen LogP contribution in [0.2, 0.25) is 0 Å². The highest BCUT2D eigenvalue weighted by atomic mass is 19.1. The minimum absolute atomic E-state index is 0.122. The quantitative estimate of drug-likeness (QED) is 0.450. The summed E-state index contributed by atoms with van der Waals surface area (Å²) >= 11 is 0. The molecule has 3 heterocycles. The Morgan fingerprint density at radius 2 is 1.82 bits per heavy atom. The van der Waals surface area contributed by atoms with E-state index >= 15 is 0 Å². The number of halogens is 1. The van der Waals surface area contributed by atoms with Crippen LogP contribution < -0.4 is 10.6 Å². The minimum atomic E-state index is -0.568. The smallest absolute Gasteiger partial charge is 0.251 e. The zero-order valence-corrected chi connectivity index (χ0v) is 21.6. The van der Waals surface area contributed by atoms with Gasteiger partial charge >= 0.3 is 0 Å². The molecule has 0 aliphatic carbocycles. The highest BCUT2D eigenvalue weighted by Gasteiger charge is 2.32. The molecule has 2 fully saturated rings. The van der Waals surface area contributed by atoms with Gasteiger partial charge in [-0.2, -0.15) is 0 Å². The Balaban J connectivity index is 1.12. The van der Waals surface area contributed by atoms with E-state index in [4.69, 9.17) is 0 Å². The topological polar surface area (TPSA) is 95.4 Å². The number of hydrogen-bond acceptors (Lipinski definition) is 6. The van der Waals surface area contributed by atoms with Crippen LogP contribution in [0.1, 0.15) is 46.4 Å². The van der Waals surface area contributed by atoms with Crippen molar-refractivity contribution >= 4 is 11.8 Å². The Hall–Kier alpha value is -3.63. The molecule has 5 rings (SSSR count). The van der Waals surface area contributed by atoms with E-state index in [9.17, 15) is 14.0 Å². The van der Waals surface area contributed by atoms with Gasteiger partial charge in [0.1, 0.15) is 11.9 Å². The predicted octanol–water partition coefficient (Wildman–Crippen LogP) is 2.18. The van der Waals surface area contributed by atoms with E-state index in [0.29, 0.717) is 44.2 Å². The lowest BCUT2D eigenvalue weighted by atomic mass is 10.1. The van der Waals surface area contributed by atoms with Gasteiger partial charge in [-0.3, -0.25) is 9.59 Å². The molecule has 3 aromatic rings. The third-order valence-electron chi connectivity index (χ3n) is 7.30.